The Balaban J connectivity index is 0.000000442. The molecule has 8 aliphatic rings. The van der Waals surface area contributed by atoms with Gasteiger partial charge in [0, 0.05) is 55.9 Å². The maximum Gasteiger partial charge on any atom is 0.0627 e. The van der Waals surface area contributed by atoms with Crippen molar-refractivity contribution in [2.24, 2.45) is 46.3 Å². The van der Waals surface area contributed by atoms with Crippen molar-refractivity contribution in [1.82, 2.24) is 34.3 Å². The van der Waals surface area contributed by atoms with Gasteiger partial charge < -0.3 is 34.1 Å². The smallest absolute Gasteiger partial charge is 0.0627 e. The number of hydrogen-bond acceptors (Lipinski definition) is 8. The molecule has 8 fully saturated rings. The van der Waals surface area contributed by atoms with Crippen LogP contribution < -0.4 is 0 Å². The minimum atomic E-state index is 0.342. The topological polar surface area (TPSA) is 31.9 Å². The highest BCUT2D eigenvalue weighted by Crippen LogP contribution is 2.33. The summed E-state index contributed by atoms with van der Waals surface area (Å²) >= 11 is 0. The zero-order valence-electron chi connectivity index (χ0n) is 57.1. The summed E-state index contributed by atoms with van der Waals surface area (Å²) in [5, 5.41) is 0. The quantitative estimate of drug-likeness (QED) is 0.249. The Morgan fingerprint density at radius 2 is 0.818 bits per heavy atom. The summed E-state index contributed by atoms with van der Waals surface area (Å²) in [5.41, 5.74) is 0.851. The molecule has 8 rings (SSSR count). The van der Waals surface area contributed by atoms with Crippen molar-refractivity contribution in [3.05, 3.63) is 0 Å². The lowest BCUT2D eigenvalue weighted by atomic mass is 9.76. The molecule has 0 N–H and O–H groups in total. The predicted molar refractivity (Wildman–Crippen MR) is 345 cm³/mol. The van der Waals surface area contributed by atoms with E-state index in [0.29, 0.717) is 16.9 Å². The van der Waals surface area contributed by atoms with E-state index in [9.17, 15) is 0 Å². The van der Waals surface area contributed by atoms with E-state index in [0.717, 1.165) is 85.5 Å². The first-order chi connectivity index (χ1) is 36.0. The molecule has 6 heterocycles. The van der Waals surface area contributed by atoms with Gasteiger partial charge in [0.25, 0.3) is 0 Å². The molecule has 0 aromatic rings. The standard InChI is InChI=1S/C10H22N2.C10H21N.C9H19NO.3C8H17N.2C8H16/c1-9(2)12-7-5-10(6-8-12)11(3)4;1-10(2,3)9-6-5-7-11(4)8-9;1-9(2,3)8-7-11-6-5-10(8)4;1-7(2)9-5-4-8(3)6-9;2*1-8(2)9-6-4-3-5-7-9;2*1-7(2)8-5-3-4-6-8/h9-10H,5-8H2,1-4H3;9H,5-8H2,1-4H3;8H,5-7H2,1-4H3;7-8H,4-6H2,1-3H3;2*8H,3-7H2,1-2H3;2*7-8H,3-6H2,1-2H3. The molecule has 3 atom stereocenters. The van der Waals surface area contributed by atoms with Crippen molar-refractivity contribution < 1.29 is 4.74 Å². The summed E-state index contributed by atoms with van der Waals surface area (Å²) in [5.74, 6) is 5.86. The molecule has 0 radical (unpaired) electrons. The van der Waals surface area contributed by atoms with Gasteiger partial charge in [-0.1, -0.05) is 140 Å². The lowest BCUT2D eigenvalue weighted by molar-refractivity contribution is -0.0353. The number of likely N-dealkylation sites (N-methyl/N-ethyl adjacent to an activating group) is 1. The van der Waals surface area contributed by atoms with Gasteiger partial charge in [0.15, 0.2) is 0 Å². The number of likely N-dealkylation sites (tertiary alicyclic amines) is 5. The van der Waals surface area contributed by atoms with Crippen molar-refractivity contribution in [1.29, 1.82) is 0 Å². The molecule has 0 aromatic heterocycles. The summed E-state index contributed by atoms with van der Waals surface area (Å²) in [6.45, 7) is 59.8. The van der Waals surface area contributed by atoms with Crippen molar-refractivity contribution in [3.63, 3.8) is 0 Å². The molecule has 0 aromatic carbocycles. The third kappa shape index (κ3) is 34.2. The molecule has 2 aliphatic carbocycles. The third-order valence-electron chi connectivity index (χ3n) is 19.3. The fourth-order valence-corrected chi connectivity index (χ4v) is 12.9. The van der Waals surface area contributed by atoms with Crippen molar-refractivity contribution in [3.8, 4) is 0 Å². The van der Waals surface area contributed by atoms with Crippen LogP contribution in [0.15, 0.2) is 0 Å². The normalized spacial score (nSPS) is 25.4. The molecule has 0 amide bonds. The molecule has 3 unspecified atom stereocenters. The van der Waals surface area contributed by atoms with E-state index >= 15 is 0 Å². The van der Waals surface area contributed by atoms with Gasteiger partial charge in [0.2, 0.25) is 0 Å². The largest absolute Gasteiger partial charge is 0.378 e. The second-order valence-corrected chi connectivity index (χ2v) is 30.2. The highest BCUT2D eigenvalue weighted by atomic mass is 16.5. The number of piperidine rings is 4. The van der Waals surface area contributed by atoms with Gasteiger partial charge >= 0.3 is 0 Å². The summed E-state index contributed by atoms with van der Waals surface area (Å²) in [6, 6.07) is 4.43. The molecule has 77 heavy (non-hydrogen) atoms. The van der Waals surface area contributed by atoms with Crippen LogP contribution in [0.3, 0.4) is 0 Å². The van der Waals surface area contributed by atoms with Crippen molar-refractivity contribution in [2.75, 3.05) is 113 Å². The van der Waals surface area contributed by atoms with E-state index < -0.39 is 0 Å². The van der Waals surface area contributed by atoms with Crippen LogP contribution in [0.4, 0.5) is 0 Å². The van der Waals surface area contributed by atoms with E-state index in [4.69, 9.17) is 4.74 Å². The molecule has 8 heteroatoms. The zero-order valence-corrected chi connectivity index (χ0v) is 57.1. The fraction of sp³-hybridized carbons (Fsp3) is 1.00. The number of hydrogen-bond donors (Lipinski definition) is 0. The minimum absolute atomic E-state index is 0.342. The SMILES string of the molecule is CC(C)C1CCCC1.CC(C)C1CCCC1.CC(C)N1CCC(N(C)C)CC1.CC(C)N1CCCCC1.CC(C)N1CCCCC1.CC1CCN(C(C)C)C1.CN1CCCC(C(C)(C)C)C1.CN1CCOCC1C(C)(C)C. The molecular weight excluding hydrogens is 943 g/mol. The first-order valence-corrected chi connectivity index (χ1v) is 33.6. The number of morpholine rings is 1. The Morgan fingerprint density at radius 3 is 1.06 bits per heavy atom. The van der Waals surface area contributed by atoms with Gasteiger partial charge in [-0.3, -0.25) is 4.90 Å². The average molecular weight is 1090 g/mol. The number of nitrogens with zero attached hydrogens (tertiary/aromatic N) is 7. The van der Waals surface area contributed by atoms with Gasteiger partial charge in [0.05, 0.1) is 13.2 Å². The summed E-state index contributed by atoms with van der Waals surface area (Å²) in [6.07, 6.45) is 27.4. The fourth-order valence-electron chi connectivity index (χ4n) is 12.9. The van der Waals surface area contributed by atoms with Crippen LogP contribution in [0, 0.1) is 46.3 Å². The van der Waals surface area contributed by atoms with Crippen LogP contribution in [0.2, 0.25) is 0 Å². The van der Waals surface area contributed by atoms with Crippen molar-refractivity contribution >= 4 is 0 Å². The Hall–Kier alpha value is -0.320. The first-order valence-electron chi connectivity index (χ1n) is 33.6. The van der Waals surface area contributed by atoms with E-state index in [2.05, 4.69) is 194 Å². The molecule has 8 nitrogen and oxygen atoms in total. The monoisotopic (exact) mass is 1090 g/mol. The zero-order chi connectivity index (χ0) is 58.3. The molecule has 2 saturated carbocycles. The Bertz CT molecular complexity index is 1270. The highest BCUT2D eigenvalue weighted by Gasteiger charge is 2.31. The second kappa shape index (κ2) is 40.8. The van der Waals surface area contributed by atoms with E-state index in [1.807, 2.05) is 0 Å². The van der Waals surface area contributed by atoms with Crippen LogP contribution in [0.5, 0.6) is 0 Å². The number of ether oxygens (including phenoxy) is 1. The van der Waals surface area contributed by atoms with Crippen LogP contribution in [-0.2, 0) is 4.74 Å². The Kier molecular flexibility index (Phi) is 39.6. The molecule has 6 aliphatic heterocycles. The lowest BCUT2D eigenvalue weighted by Gasteiger charge is -2.40. The molecular formula is C69H145N7O. The predicted octanol–water partition coefficient (Wildman–Crippen LogP) is 16.3. The van der Waals surface area contributed by atoms with Gasteiger partial charge in [-0.25, -0.2) is 0 Å². The summed E-state index contributed by atoms with van der Waals surface area (Å²) in [4.78, 5) is 17.4. The minimum Gasteiger partial charge on any atom is -0.378 e. The van der Waals surface area contributed by atoms with Gasteiger partial charge in [-0.15, -0.1) is 0 Å². The first kappa shape index (κ1) is 74.7. The Labute approximate surface area is 486 Å². The maximum atomic E-state index is 5.44. The van der Waals surface area contributed by atoms with Crippen LogP contribution >= 0.6 is 0 Å². The summed E-state index contributed by atoms with van der Waals surface area (Å²) in [7, 11) is 8.79. The number of rotatable bonds is 7. The van der Waals surface area contributed by atoms with E-state index in [-0.39, 0.29) is 0 Å². The molecule has 462 valence electrons. The van der Waals surface area contributed by atoms with Gasteiger partial charge in [-0.05, 0) is 240 Å². The van der Waals surface area contributed by atoms with Crippen LogP contribution in [0.1, 0.15) is 254 Å². The van der Waals surface area contributed by atoms with Crippen LogP contribution in [-0.4, -0.2) is 184 Å². The summed E-state index contributed by atoms with van der Waals surface area (Å²) < 4.78 is 5.44. The second-order valence-electron chi connectivity index (χ2n) is 30.2. The van der Waals surface area contributed by atoms with Crippen molar-refractivity contribution in [2.45, 2.75) is 290 Å². The molecule has 0 bridgehead atoms. The third-order valence-corrected chi connectivity index (χ3v) is 19.3. The van der Waals surface area contributed by atoms with Crippen LogP contribution in [0.25, 0.3) is 0 Å². The molecule has 0 spiro atoms. The lowest BCUT2D eigenvalue weighted by Crippen LogP contribution is -2.49. The van der Waals surface area contributed by atoms with E-state index in [1.165, 1.54) is 187 Å². The average Bonchev–Trinajstić information content (AvgIpc) is 4.21. The van der Waals surface area contributed by atoms with E-state index in [1.54, 1.807) is 0 Å². The highest BCUT2D eigenvalue weighted by molar-refractivity contribution is 4.84. The molecule has 6 saturated heterocycles. The van der Waals surface area contributed by atoms with Gasteiger partial charge in [0.1, 0.15) is 0 Å². The maximum absolute atomic E-state index is 5.44. The Morgan fingerprint density at radius 1 is 0.416 bits per heavy atom. The van der Waals surface area contributed by atoms with Gasteiger partial charge in [-0.2, -0.15) is 0 Å².